The lowest BCUT2D eigenvalue weighted by Crippen LogP contribution is -2.46. The Kier molecular flexibility index (Phi) is 7.53. The fourth-order valence-corrected chi connectivity index (χ4v) is 4.26. The fraction of sp³-hybridized carbons (Fsp3) is 0.316. The van der Waals surface area contributed by atoms with Gasteiger partial charge in [-0.25, -0.2) is 13.9 Å². The molecule has 0 aliphatic carbocycles. The third kappa shape index (κ3) is 5.78. The van der Waals surface area contributed by atoms with E-state index < -0.39 is 33.0 Å². The van der Waals surface area contributed by atoms with Crippen LogP contribution in [0, 0.1) is 5.41 Å². The van der Waals surface area contributed by atoms with Crippen molar-refractivity contribution in [1.82, 2.24) is 5.48 Å². The van der Waals surface area contributed by atoms with E-state index in [1.807, 2.05) is 18.2 Å². The Labute approximate surface area is 159 Å². The van der Waals surface area contributed by atoms with Gasteiger partial charge >= 0.3 is 0 Å². The zero-order chi connectivity index (χ0) is 19.4. The number of aliphatic hydroxyl groups is 1. The summed E-state index contributed by atoms with van der Waals surface area (Å²) >= 11 is 0. The first-order valence-corrected chi connectivity index (χ1v) is 9.49. The SMILES string of the molecule is C.CC(C)(CS(=O)(=O)c1ccc(Oc2ccccc2)cc1)[C@H](O)C(=O)NO. The van der Waals surface area contributed by atoms with Gasteiger partial charge in [0, 0.05) is 5.41 Å². The summed E-state index contributed by atoms with van der Waals surface area (Å²) in [7, 11) is -3.77. The van der Waals surface area contributed by atoms with Crippen LogP contribution in [0.4, 0.5) is 0 Å². The van der Waals surface area contributed by atoms with Gasteiger partial charge in [0.15, 0.2) is 9.84 Å². The highest BCUT2D eigenvalue weighted by Gasteiger charge is 2.38. The number of sulfone groups is 1. The van der Waals surface area contributed by atoms with Gasteiger partial charge in [-0.05, 0) is 36.4 Å². The quantitative estimate of drug-likeness (QED) is 0.491. The highest BCUT2D eigenvalue weighted by Crippen LogP contribution is 2.28. The molecule has 2 aromatic rings. The number of amides is 1. The summed E-state index contributed by atoms with van der Waals surface area (Å²) in [4.78, 5) is 11.4. The number of hydroxylamine groups is 1. The van der Waals surface area contributed by atoms with Crippen LogP contribution < -0.4 is 10.2 Å². The summed E-state index contributed by atoms with van der Waals surface area (Å²) in [5.41, 5.74) is 0.0260. The number of benzene rings is 2. The third-order valence-electron chi connectivity index (χ3n) is 3.82. The highest BCUT2D eigenvalue weighted by atomic mass is 32.2. The van der Waals surface area contributed by atoms with E-state index in [2.05, 4.69) is 0 Å². The smallest absolute Gasteiger partial charge is 0.272 e. The summed E-state index contributed by atoms with van der Waals surface area (Å²) in [6, 6.07) is 14.9. The van der Waals surface area contributed by atoms with E-state index in [-0.39, 0.29) is 12.3 Å². The number of para-hydroxylation sites is 1. The molecule has 0 unspecified atom stereocenters. The number of hydrogen-bond donors (Lipinski definition) is 3. The number of hydrogen-bond acceptors (Lipinski definition) is 6. The second kappa shape index (κ2) is 8.98. The van der Waals surface area contributed by atoms with Crippen molar-refractivity contribution in [2.24, 2.45) is 5.41 Å². The molecule has 1 atom stereocenters. The number of carbonyl (C=O) groups excluding carboxylic acids is 1. The Bertz CT molecular complexity index is 848. The summed E-state index contributed by atoms with van der Waals surface area (Å²) in [6.45, 7) is 2.86. The van der Waals surface area contributed by atoms with Gasteiger partial charge in [0.2, 0.25) is 0 Å². The average Bonchev–Trinajstić information content (AvgIpc) is 2.61. The molecule has 7 nitrogen and oxygen atoms in total. The predicted molar refractivity (Wildman–Crippen MR) is 101 cm³/mol. The largest absolute Gasteiger partial charge is 0.457 e. The number of ether oxygens (including phenoxy) is 1. The van der Waals surface area contributed by atoms with E-state index >= 15 is 0 Å². The van der Waals surface area contributed by atoms with Crippen molar-refractivity contribution < 1.29 is 28.3 Å². The number of rotatable bonds is 7. The standard InChI is InChI=1S/C18H21NO6S.CH4/c1-18(2,16(20)17(21)19-22)12-26(23,24)15-10-8-14(9-11-15)25-13-6-4-3-5-7-13;/h3-11,16,20,22H,12H2,1-2H3,(H,19,21);1H4/t16-;/m1./s1. The summed E-state index contributed by atoms with van der Waals surface area (Å²) in [5, 5.41) is 18.5. The first-order valence-electron chi connectivity index (χ1n) is 7.83. The van der Waals surface area contributed by atoms with E-state index in [0.717, 1.165) is 0 Å². The molecule has 3 N–H and O–H groups in total. The fourth-order valence-electron chi connectivity index (χ4n) is 2.41. The van der Waals surface area contributed by atoms with Crippen molar-refractivity contribution in [2.45, 2.75) is 32.3 Å². The van der Waals surface area contributed by atoms with Gasteiger partial charge in [-0.15, -0.1) is 0 Å². The summed E-state index contributed by atoms with van der Waals surface area (Å²) in [6.07, 6.45) is -1.68. The molecule has 0 saturated heterocycles. The second-order valence-corrected chi connectivity index (χ2v) is 8.50. The maximum Gasteiger partial charge on any atom is 0.272 e. The van der Waals surface area contributed by atoms with Crippen LogP contribution in [0.15, 0.2) is 59.5 Å². The Morgan fingerprint density at radius 3 is 2.11 bits per heavy atom. The lowest BCUT2D eigenvalue weighted by molar-refractivity contribution is -0.143. The molecule has 148 valence electrons. The van der Waals surface area contributed by atoms with Gasteiger partial charge in [-0.2, -0.15) is 0 Å². The monoisotopic (exact) mass is 395 g/mol. The van der Waals surface area contributed by atoms with Crippen LogP contribution >= 0.6 is 0 Å². The minimum atomic E-state index is -3.77. The van der Waals surface area contributed by atoms with E-state index in [1.54, 1.807) is 12.1 Å². The van der Waals surface area contributed by atoms with Gasteiger partial charge in [-0.3, -0.25) is 10.0 Å². The van der Waals surface area contributed by atoms with Crippen molar-refractivity contribution >= 4 is 15.7 Å². The topological polar surface area (TPSA) is 113 Å². The summed E-state index contributed by atoms with van der Waals surface area (Å²) in [5.74, 6) is -0.429. The maximum absolute atomic E-state index is 12.6. The maximum atomic E-state index is 12.6. The van der Waals surface area contributed by atoms with Crippen LogP contribution in [-0.2, 0) is 14.6 Å². The lowest BCUT2D eigenvalue weighted by Gasteiger charge is -2.28. The van der Waals surface area contributed by atoms with Crippen molar-refractivity contribution in [3.8, 4) is 11.5 Å². The van der Waals surface area contributed by atoms with Gasteiger partial charge in [0.25, 0.3) is 5.91 Å². The van der Waals surface area contributed by atoms with Crippen molar-refractivity contribution in [3.05, 3.63) is 54.6 Å². The molecule has 0 aromatic heterocycles. The molecule has 27 heavy (non-hydrogen) atoms. The second-order valence-electron chi connectivity index (χ2n) is 6.51. The van der Waals surface area contributed by atoms with Gasteiger partial charge in [0.1, 0.15) is 17.6 Å². The first-order chi connectivity index (χ1) is 12.2. The number of aliphatic hydroxyl groups excluding tert-OH is 1. The molecule has 0 aliphatic heterocycles. The van der Waals surface area contributed by atoms with Crippen LogP contribution in [0.2, 0.25) is 0 Å². The average molecular weight is 395 g/mol. The lowest BCUT2D eigenvalue weighted by atomic mass is 9.88. The molecule has 1 amide bonds. The molecule has 0 saturated carbocycles. The molecule has 0 bridgehead atoms. The van der Waals surface area contributed by atoms with E-state index in [9.17, 15) is 18.3 Å². The molecular weight excluding hydrogens is 370 g/mol. The molecule has 0 fully saturated rings. The van der Waals surface area contributed by atoms with E-state index in [1.165, 1.54) is 43.6 Å². The van der Waals surface area contributed by atoms with Gasteiger partial charge in [0.05, 0.1) is 10.6 Å². The Hall–Kier alpha value is -2.42. The summed E-state index contributed by atoms with van der Waals surface area (Å²) < 4.78 is 30.8. The molecule has 0 aliphatic rings. The number of carbonyl (C=O) groups is 1. The van der Waals surface area contributed by atoms with Crippen LogP contribution in [0.1, 0.15) is 21.3 Å². The van der Waals surface area contributed by atoms with E-state index in [0.29, 0.717) is 11.5 Å². The van der Waals surface area contributed by atoms with Crippen LogP contribution in [0.25, 0.3) is 0 Å². The number of nitrogens with one attached hydrogen (secondary N) is 1. The Morgan fingerprint density at radius 2 is 1.59 bits per heavy atom. The minimum Gasteiger partial charge on any atom is -0.457 e. The molecule has 2 rings (SSSR count). The zero-order valence-electron chi connectivity index (χ0n) is 14.4. The van der Waals surface area contributed by atoms with Crippen molar-refractivity contribution in [1.29, 1.82) is 0 Å². The van der Waals surface area contributed by atoms with Gasteiger partial charge < -0.3 is 9.84 Å². The van der Waals surface area contributed by atoms with Crippen molar-refractivity contribution in [3.63, 3.8) is 0 Å². The minimum absolute atomic E-state index is 0. The Morgan fingerprint density at radius 1 is 1.07 bits per heavy atom. The molecule has 0 heterocycles. The molecule has 2 aromatic carbocycles. The molecular formula is C19H25NO6S. The van der Waals surface area contributed by atoms with Crippen LogP contribution in [0.3, 0.4) is 0 Å². The van der Waals surface area contributed by atoms with Gasteiger partial charge in [-0.1, -0.05) is 39.5 Å². The zero-order valence-corrected chi connectivity index (χ0v) is 15.2. The third-order valence-corrected chi connectivity index (χ3v) is 5.94. The highest BCUT2D eigenvalue weighted by molar-refractivity contribution is 7.91. The van der Waals surface area contributed by atoms with Crippen LogP contribution in [0.5, 0.6) is 11.5 Å². The van der Waals surface area contributed by atoms with Crippen molar-refractivity contribution in [2.75, 3.05) is 5.75 Å². The normalized spacial score (nSPS) is 12.6. The molecule has 0 radical (unpaired) electrons. The molecule has 0 spiro atoms. The Balaban J connectivity index is 0.00000364. The molecule has 8 heteroatoms. The van der Waals surface area contributed by atoms with E-state index in [4.69, 9.17) is 9.94 Å². The predicted octanol–water partition coefficient (Wildman–Crippen LogP) is 2.78. The van der Waals surface area contributed by atoms with Crippen LogP contribution in [-0.4, -0.2) is 36.5 Å². The first kappa shape index (κ1) is 22.6.